The van der Waals surface area contributed by atoms with Crippen LogP contribution in [0.15, 0.2) is 47.4 Å². The number of alkyl halides is 3. The molecule has 4 rings (SSSR count). The fraction of sp³-hybridized carbons (Fsp3) is 0.435. The lowest BCUT2D eigenvalue weighted by atomic mass is 10.0. The maximum absolute atomic E-state index is 13.5. The number of piperazine rings is 1. The molecule has 1 aliphatic carbocycles. The molecule has 33 heavy (non-hydrogen) atoms. The molecule has 0 spiro atoms. The van der Waals surface area contributed by atoms with E-state index in [9.17, 15) is 31.5 Å². The number of fused-ring (bicyclic) bond motifs is 1. The van der Waals surface area contributed by atoms with Gasteiger partial charge in [0.1, 0.15) is 0 Å². The van der Waals surface area contributed by atoms with Crippen molar-refractivity contribution >= 4 is 21.7 Å². The van der Waals surface area contributed by atoms with E-state index in [1.165, 1.54) is 28.6 Å². The molecule has 0 saturated carbocycles. The summed E-state index contributed by atoms with van der Waals surface area (Å²) in [6.45, 7) is 4.30. The van der Waals surface area contributed by atoms with E-state index in [1.54, 1.807) is 19.9 Å². The minimum atomic E-state index is -4.42. The van der Waals surface area contributed by atoms with Gasteiger partial charge in [-0.1, -0.05) is 6.07 Å². The highest BCUT2D eigenvalue weighted by atomic mass is 32.2. The van der Waals surface area contributed by atoms with Crippen molar-refractivity contribution in [2.75, 3.05) is 24.5 Å². The molecule has 1 fully saturated rings. The number of carboxylic acids is 1. The number of rotatable bonds is 4. The number of halogens is 3. The minimum absolute atomic E-state index is 0.0606. The molecule has 2 aliphatic rings. The van der Waals surface area contributed by atoms with Gasteiger partial charge in [-0.25, -0.2) is 8.42 Å². The first kappa shape index (κ1) is 23.6. The Morgan fingerprint density at radius 2 is 1.76 bits per heavy atom. The number of benzene rings is 2. The number of sulfonamides is 1. The Bertz CT molecular complexity index is 1180. The first-order valence-corrected chi connectivity index (χ1v) is 12.1. The van der Waals surface area contributed by atoms with E-state index in [4.69, 9.17) is 0 Å². The molecule has 0 amide bonds. The summed E-state index contributed by atoms with van der Waals surface area (Å²) in [6.07, 6.45) is -3.37. The fourth-order valence-corrected chi connectivity index (χ4v) is 6.59. The quantitative estimate of drug-likeness (QED) is 0.710. The van der Waals surface area contributed by atoms with E-state index >= 15 is 0 Å². The smallest absolute Gasteiger partial charge is 0.416 e. The Balaban J connectivity index is 1.57. The predicted octanol–water partition coefficient (Wildman–Crippen LogP) is 4.11. The zero-order valence-corrected chi connectivity index (χ0v) is 19.1. The normalized spacial score (nSPS) is 21.1. The van der Waals surface area contributed by atoms with Crippen LogP contribution in [0.5, 0.6) is 0 Å². The fourth-order valence-electron chi connectivity index (χ4n) is 4.79. The summed E-state index contributed by atoms with van der Waals surface area (Å²) in [7, 11) is -3.91. The van der Waals surface area contributed by atoms with Crippen LogP contribution in [0.2, 0.25) is 0 Å². The molecule has 1 saturated heterocycles. The minimum Gasteiger partial charge on any atom is -0.481 e. The maximum atomic E-state index is 13.5. The number of nitrogens with zero attached hydrogens (tertiary/aromatic N) is 2. The molecule has 1 unspecified atom stereocenters. The first-order valence-electron chi connectivity index (χ1n) is 10.6. The summed E-state index contributed by atoms with van der Waals surface area (Å²) in [6, 6.07) is 9.54. The van der Waals surface area contributed by atoms with Gasteiger partial charge < -0.3 is 10.0 Å². The van der Waals surface area contributed by atoms with Crippen LogP contribution in [0, 0.1) is 0 Å². The molecule has 0 bridgehead atoms. The van der Waals surface area contributed by atoms with Crippen molar-refractivity contribution in [3.05, 3.63) is 59.2 Å². The van der Waals surface area contributed by atoms with Gasteiger partial charge >= 0.3 is 12.1 Å². The lowest BCUT2D eigenvalue weighted by Crippen LogP contribution is -2.61. The first-order chi connectivity index (χ1) is 15.3. The summed E-state index contributed by atoms with van der Waals surface area (Å²) in [5.41, 5.74) is 0.417. The van der Waals surface area contributed by atoms with Crippen LogP contribution in [-0.4, -0.2) is 49.0 Å². The number of aliphatic carboxylic acids is 1. The Morgan fingerprint density at radius 3 is 2.33 bits per heavy atom. The van der Waals surface area contributed by atoms with Crippen molar-refractivity contribution in [1.29, 1.82) is 0 Å². The molecule has 0 aromatic heterocycles. The van der Waals surface area contributed by atoms with Crippen molar-refractivity contribution in [3.63, 3.8) is 0 Å². The van der Waals surface area contributed by atoms with Crippen LogP contribution in [0.25, 0.3) is 0 Å². The van der Waals surface area contributed by atoms with E-state index < -0.39 is 39.2 Å². The van der Waals surface area contributed by atoms with Gasteiger partial charge in [-0.05, 0) is 74.2 Å². The second-order valence-corrected chi connectivity index (χ2v) is 11.0. The van der Waals surface area contributed by atoms with Crippen molar-refractivity contribution in [1.82, 2.24) is 4.31 Å². The number of anilines is 1. The average Bonchev–Trinajstić information content (AvgIpc) is 3.16. The van der Waals surface area contributed by atoms with Gasteiger partial charge in [0.15, 0.2) is 0 Å². The standard InChI is InChI=1S/C23H25F3N2O4S/c1-22(2)14-27(17-7-5-16(6-8-17)23(24,25)26)11-12-28(22)33(31,32)18-9-3-15-4-10-19(21(29)30)20(15)13-18/h3,5-9,13,19H,4,10-12,14H2,1-2H3,(H,29,30). The third-order valence-corrected chi connectivity index (χ3v) is 8.57. The highest BCUT2D eigenvalue weighted by molar-refractivity contribution is 7.89. The van der Waals surface area contributed by atoms with Crippen LogP contribution in [0.4, 0.5) is 18.9 Å². The molecular weight excluding hydrogens is 457 g/mol. The van der Waals surface area contributed by atoms with Crippen molar-refractivity contribution < 1.29 is 31.5 Å². The summed E-state index contributed by atoms with van der Waals surface area (Å²) in [5.74, 6) is -1.67. The Morgan fingerprint density at radius 1 is 1.09 bits per heavy atom. The predicted molar refractivity (Wildman–Crippen MR) is 117 cm³/mol. The van der Waals surface area contributed by atoms with Gasteiger partial charge in [0.05, 0.1) is 16.4 Å². The number of carbonyl (C=O) groups is 1. The zero-order chi connectivity index (χ0) is 24.2. The summed E-state index contributed by atoms with van der Waals surface area (Å²) in [4.78, 5) is 13.5. The third kappa shape index (κ3) is 4.33. The van der Waals surface area contributed by atoms with Gasteiger partial charge in [-0.3, -0.25) is 4.79 Å². The highest BCUT2D eigenvalue weighted by Gasteiger charge is 2.42. The molecule has 2 aromatic carbocycles. The van der Waals surface area contributed by atoms with Gasteiger partial charge in [-0.15, -0.1) is 0 Å². The van der Waals surface area contributed by atoms with Gasteiger partial charge in [0.2, 0.25) is 10.0 Å². The molecule has 1 aliphatic heterocycles. The molecule has 1 atom stereocenters. The maximum Gasteiger partial charge on any atom is 0.416 e. The molecule has 0 radical (unpaired) electrons. The number of hydrogen-bond acceptors (Lipinski definition) is 4. The van der Waals surface area contributed by atoms with Crippen molar-refractivity contribution in [3.8, 4) is 0 Å². The summed E-state index contributed by atoms with van der Waals surface area (Å²) < 4.78 is 67.0. The molecule has 178 valence electrons. The Labute approximate surface area is 190 Å². The Hall–Kier alpha value is -2.59. The second-order valence-electron chi connectivity index (χ2n) is 9.15. The van der Waals surface area contributed by atoms with Crippen LogP contribution >= 0.6 is 0 Å². The molecule has 6 nitrogen and oxygen atoms in total. The van der Waals surface area contributed by atoms with E-state index in [0.29, 0.717) is 37.2 Å². The number of aryl methyl sites for hydroxylation is 1. The van der Waals surface area contributed by atoms with Crippen LogP contribution < -0.4 is 4.90 Å². The van der Waals surface area contributed by atoms with Crippen LogP contribution in [0.3, 0.4) is 0 Å². The third-order valence-electron chi connectivity index (χ3n) is 6.47. The lowest BCUT2D eigenvalue weighted by Gasteiger charge is -2.47. The average molecular weight is 483 g/mol. The Kier molecular flexibility index (Phi) is 5.73. The van der Waals surface area contributed by atoms with E-state index in [2.05, 4.69) is 0 Å². The summed E-state index contributed by atoms with van der Waals surface area (Å²) in [5, 5.41) is 9.46. The van der Waals surface area contributed by atoms with Gasteiger partial charge in [0, 0.05) is 30.9 Å². The van der Waals surface area contributed by atoms with Crippen molar-refractivity contribution in [2.45, 2.75) is 49.2 Å². The SMILES string of the molecule is CC1(C)CN(c2ccc(C(F)(F)F)cc2)CCN1S(=O)(=O)c1ccc2c(c1)C(C(=O)O)CC2. The van der Waals surface area contributed by atoms with E-state index in [1.807, 2.05) is 4.90 Å². The number of carboxylic acid groups (broad SMARTS) is 1. The van der Waals surface area contributed by atoms with E-state index in [0.717, 1.165) is 17.7 Å². The zero-order valence-electron chi connectivity index (χ0n) is 18.3. The monoisotopic (exact) mass is 482 g/mol. The van der Waals surface area contributed by atoms with Crippen LogP contribution in [-0.2, 0) is 27.4 Å². The largest absolute Gasteiger partial charge is 0.481 e. The number of hydrogen-bond donors (Lipinski definition) is 1. The van der Waals surface area contributed by atoms with Gasteiger partial charge in [-0.2, -0.15) is 17.5 Å². The lowest BCUT2D eigenvalue weighted by molar-refractivity contribution is -0.139. The van der Waals surface area contributed by atoms with E-state index in [-0.39, 0.29) is 11.4 Å². The highest BCUT2D eigenvalue weighted by Crippen LogP contribution is 2.37. The topological polar surface area (TPSA) is 77.9 Å². The molecule has 1 heterocycles. The molecule has 10 heteroatoms. The molecular formula is C23H25F3N2O4S. The molecule has 1 N–H and O–H groups in total. The summed E-state index contributed by atoms with van der Waals surface area (Å²) >= 11 is 0. The second kappa shape index (κ2) is 8.02. The molecule has 2 aromatic rings. The van der Waals surface area contributed by atoms with Crippen molar-refractivity contribution in [2.24, 2.45) is 0 Å². The van der Waals surface area contributed by atoms with Gasteiger partial charge in [0.25, 0.3) is 0 Å². The van der Waals surface area contributed by atoms with Crippen LogP contribution in [0.1, 0.15) is 42.9 Å².